The van der Waals surface area contributed by atoms with Crippen LogP contribution in [0.15, 0.2) is 95.5 Å². The lowest BCUT2D eigenvalue weighted by atomic mass is 9.79. The molecule has 0 saturated heterocycles. The van der Waals surface area contributed by atoms with Crippen molar-refractivity contribution in [2.45, 2.75) is 52.4 Å². The molecule has 4 aromatic carbocycles. The van der Waals surface area contributed by atoms with Gasteiger partial charge in [0, 0.05) is 46.3 Å². The molecule has 0 radical (unpaired) electrons. The molecule has 0 bridgehead atoms. The predicted molar refractivity (Wildman–Crippen MR) is 181 cm³/mol. The Kier molecular flexibility index (Phi) is 6.22. The van der Waals surface area contributed by atoms with Crippen molar-refractivity contribution in [3.8, 4) is 39.5 Å². The van der Waals surface area contributed by atoms with E-state index >= 15 is 0 Å². The van der Waals surface area contributed by atoms with Gasteiger partial charge in [-0.25, -0.2) is 4.98 Å². The van der Waals surface area contributed by atoms with Crippen LogP contribution in [0.1, 0.15) is 52.7 Å². The quantitative estimate of drug-likeness (QED) is 0.226. The van der Waals surface area contributed by atoms with Gasteiger partial charge < -0.3 is 14.1 Å². The van der Waals surface area contributed by atoms with Crippen LogP contribution in [-0.2, 0) is 17.9 Å². The molecule has 0 spiro atoms. The Morgan fingerprint density at radius 3 is 2.23 bits per heavy atom. The Bertz CT molecular complexity index is 2210. The van der Waals surface area contributed by atoms with Gasteiger partial charge in [-0.2, -0.15) is 0 Å². The molecular weight excluding hydrogens is 542 g/mol. The number of nitrogens with zero attached hydrogens (tertiary/aromatic N) is 3. The summed E-state index contributed by atoms with van der Waals surface area (Å²) in [4.78, 5) is 9.94. The van der Waals surface area contributed by atoms with E-state index in [1.165, 1.54) is 0 Å². The van der Waals surface area contributed by atoms with Gasteiger partial charge in [0.1, 0.15) is 22.7 Å². The number of phenolic OH excluding ortho intramolecular Hbond substituents is 1. The van der Waals surface area contributed by atoms with Crippen LogP contribution in [0.3, 0.4) is 0 Å². The topological polar surface area (TPSA) is 64.1 Å². The van der Waals surface area contributed by atoms with E-state index in [1.807, 2.05) is 49.6 Å². The number of hydrogen-bond acceptors (Lipinski definition) is 4. The normalized spacial score (nSPS) is 12.5. The van der Waals surface area contributed by atoms with E-state index in [1.54, 1.807) is 0 Å². The second-order valence-corrected chi connectivity index (χ2v) is 13.8. The lowest BCUT2D eigenvalue weighted by Gasteiger charge is -2.27. The number of pyridine rings is 1. The van der Waals surface area contributed by atoms with E-state index in [-0.39, 0.29) is 16.6 Å². The van der Waals surface area contributed by atoms with Gasteiger partial charge in [-0.1, -0.05) is 84.0 Å². The first-order valence-corrected chi connectivity index (χ1v) is 15.1. The van der Waals surface area contributed by atoms with Gasteiger partial charge in [0.15, 0.2) is 0 Å². The molecule has 1 N–H and O–H groups in total. The minimum absolute atomic E-state index is 0.100. The Morgan fingerprint density at radius 2 is 1.50 bits per heavy atom. The standard InChI is InChI=1S/C39H37N3O2/c1-38(2,3)24-21-29(35(43)30(22-24)39(4,5)6)37-41-34-26(14-12-16-32(34)42(37)7)28-20-23(31-15-10-11-18-40-31)19-27-25-13-8-9-17-33(25)44-36(27)28/h8-22,43H,1-7H3. The van der Waals surface area contributed by atoms with Gasteiger partial charge in [-0.05, 0) is 58.9 Å². The number of phenols is 1. The molecule has 0 fully saturated rings. The van der Waals surface area contributed by atoms with Crippen molar-refractivity contribution < 1.29 is 9.52 Å². The number of fused-ring (bicyclic) bond motifs is 4. The highest BCUT2D eigenvalue weighted by molar-refractivity contribution is 6.13. The summed E-state index contributed by atoms with van der Waals surface area (Å²) < 4.78 is 8.62. The highest BCUT2D eigenvalue weighted by Crippen LogP contribution is 2.45. The lowest BCUT2D eigenvalue weighted by Crippen LogP contribution is -2.17. The monoisotopic (exact) mass is 579 g/mol. The van der Waals surface area contributed by atoms with Gasteiger partial charge in [-0.3, -0.25) is 4.98 Å². The van der Waals surface area contributed by atoms with Gasteiger partial charge in [0.05, 0.1) is 22.3 Å². The summed E-state index contributed by atoms with van der Waals surface area (Å²) in [7, 11) is 2.02. The van der Waals surface area contributed by atoms with Crippen LogP contribution in [0.25, 0.3) is 66.7 Å². The van der Waals surface area contributed by atoms with E-state index < -0.39 is 0 Å². The molecule has 0 saturated carbocycles. The smallest absolute Gasteiger partial charge is 0.144 e. The van der Waals surface area contributed by atoms with Crippen LogP contribution in [0.5, 0.6) is 5.75 Å². The zero-order valence-corrected chi connectivity index (χ0v) is 26.4. The van der Waals surface area contributed by atoms with Crippen molar-refractivity contribution in [3.63, 3.8) is 0 Å². The van der Waals surface area contributed by atoms with E-state index in [2.05, 4.69) is 99.6 Å². The number of furan rings is 1. The second-order valence-electron chi connectivity index (χ2n) is 13.8. The Balaban J connectivity index is 1.53. The number of benzene rings is 4. The van der Waals surface area contributed by atoms with Crippen molar-refractivity contribution in [1.82, 2.24) is 14.5 Å². The van der Waals surface area contributed by atoms with Gasteiger partial charge in [0.2, 0.25) is 0 Å². The molecule has 0 aliphatic rings. The fourth-order valence-electron chi connectivity index (χ4n) is 6.19. The molecule has 5 nitrogen and oxygen atoms in total. The number of imidazole rings is 1. The highest BCUT2D eigenvalue weighted by Gasteiger charge is 2.28. The molecule has 0 amide bonds. The summed E-state index contributed by atoms with van der Waals surface area (Å²) in [5.74, 6) is 1.01. The minimum atomic E-state index is -0.241. The number of para-hydroxylation sites is 2. The maximum absolute atomic E-state index is 11.7. The zero-order chi connectivity index (χ0) is 31.0. The first-order chi connectivity index (χ1) is 20.9. The fourth-order valence-corrected chi connectivity index (χ4v) is 6.19. The summed E-state index contributed by atoms with van der Waals surface area (Å²) in [5.41, 5.74) is 9.79. The van der Waals surface area contributed by atoms with Crippen molar-refractivity contribution in [2.24, 2.45) is 7.05 Å². The molecule has 0 unspecified atom stereocenters. The number of hydrogen-bond donors (Lipinski definition) is 1. The molecule has 0 atom stereocenters. The summed E-state index contributed by atoms with van der Waals surface area (Å²) in [6.07, 6.45) is 1.82. The molecule has 3 heterocycles. The summed E-state index contributed by atoms with van der Waals surface area (Å²) in [6.45, 7) is 13.0. The third-order valence-electron chi connectivity index (χ3n) is 8.67. The SMILES string of the molecule is Cn1c(-c2cc(C(C)(C)C)cc(C(C)(C)C)c2O)nc2c(-c3cc(-c4ccccn4)cc4c3oc3ccccc34)cccc21. The molecule has 7 aromatic rings. The van der Waals surface area contributed by atoms with Crippen LogP contribution in [0.2, 0.25) is 0 Å². The summed E-state index contributed by atoms with van der Waals surface area (Å²) in [6, 6.07) is 29.0. The van der Waals surface area contributed by atoms with Crippen LogP contribution < -0.4 is 0 Å². The molecule has 220 valence electrons. The number of aromatic nitrogens is 3. The molecule has 7 rings (SSSR count). The summed E-state index contributed by atoms with van der Waals surface area (Å²) in [5, 5.41) is 13.8. The van der Waals surface area contributed by atoms with Crippen LogP contribution in [-0.4, -0.2) is 19.6 Å². The predicted octanol–water partition coefficient (Wildman–Crippen LogP) is 10.2. The molecule has 0 aliphatic carbocycles. The summed E-state index contributed by atoms with van der Waals surface area (Å²) >= 11 is 0. The number of aromatic hydroxyl groups is 1. The fraction of sp³-hybridized carbons (Fsp3) is 0.231. The van der Waals surface area contributed by atoms with Gasteiger partial charge in [0.25, 0.3) is 0 Å². The molecule has 0 aliphatic heterocycles. The maximum Gasteiger partial charge on any atom is 0.144 e. The first-order valence-electron chi connectivity index (χ1n) is 15.1. The Morgan fingerprint density at radius 1 is 0.727 bits per heavy atom. The molecular formula is C39H37N3O2. The number of rotatable bonds is 3. The van der Waals surface area contributed by atoms with Crippen LogP contribution >= 0.6 is 0 Å². The van der Waals surface area contributed by atoms with Crippen molar-refractivity contribution >= 4 is 33.0 Å². The second kappa shape index (κ2) is 9.81. The van der Waals surface area contributed by atoms with Gasteiger partial charge >= 0.3 is 0 Å². The van der Waals surface area contributed by atoms with E-state index in [0.29, 0.717) is 0 Å². The van der Waals surface area contributed by atoms with Crippen molar-refractivity contribution in [2.75, 3.05) is 0 Å². The molecule has 44 heavy (non-hydrogen) atoms. The highest BCUT2D eigenvalue weighted by atomic mass is 16.3. The van der Waals surface area contributed by atoms with Gasteiger partial charge in [-0.15, -0.1) is 0 Å². The van der Waals surface area contributed by atoms with E-state index in [4.69, 9.17) is 9.40 Å². The third-order valence-corrected chi connectivity index (χ3v) is 8.67. The molecule has 5 heteroatoms. The van der Waals surface area contributed by atoms with Crippen molar-refractivity contribution in [1.29, 1.82) is 0 Å². The largest absolute Gasteiger partial charge is 0.507 e. The average molecular weight is 580 g/mol. The molecule has 3 aromatic heterocycles. The first kappa shape index (κ1) is 27.9. The van der Waals surface area contributed by atoms with Crippen molar-refractivity contribution in [3.05, 3.63) is 102 Å². The van der Waals surface area contributed by atoms with E-state index in [0.717, 1.165) is 77.9 Å². The third kappa shape index (κ3) is 4.46. The zero-order valence-electron chi connectivity index (χ0n) is 26.4. The Labute approximate surface area is 257 Å². The van der Waals surface area contributed by atoms with E-state index in [9.17, 15) is 5.11 Å². The Hall–Kier alpha value is -4.90. The van der Waals surface area contributed by atoms with Crippen LogP contribution in [0.4, 0.5) is 0 Å². The number of aryl methyl sites for hydroxylation is 1. The maximum atomic E-state index is 11.7. The van der Waals surface area contributed by atoms with Crippen LogP contribution in [0, 0.1) is 0 Å². The minimum Gasteiger partial charge on any atom is -0.507 e. The lowest BCUT2D eigenvalue weighted by molar-refractivity contribution is 0.446. The average Bonchev–Trinajstić information content (AvgIpc) is 3.54.